The average molecular weight is 635 g/mol. The van der Waals surface area contributed by atoms with Crippen LogP contribution in [0.2, 0.25) is 0 Å². The molecule has 4 heteroatoms. The first-order valence-electron chi connectivity index (χ1n) is 18.3. The van der Waals surface area contributed by atoms with Gasteiger partial charge < -0.3 is 9.47 Å². The van der Waals surface area contributed by atoms with E-state index in [0.29, 0.717) is 12.3 Å². The summed E-state index contributed by atoms with van der Waals surface area (Å²) in [5.41, 5.74) is -0.107. The molecule has 45 heavy (non-hydrogen) atoms. The van der Waals surface area contributed by atoms with Crippen LogP contribution in [-0.2, 0) is 19.1 Å². The van der Waals surface area contributed by atoms with Crippen molar-refractivity contribution in [1.82, 2.24) is 0 Å². The minimum atomic E-state index is -0.107. The Balaban J connectivity index is 0.000000434. The summed E-state index contributed by atoms with van der Waals surface area (Å²) in [5.74, 6) is 8.23. The summed E-state index contributed by atoms with van der Waals surface area (Å²) in [7, 11) is 0. The minimum absolute atomic E-state index is 0. The van der Waals surface area contributed by atoms with E-state index in [0.717, 1.165) is 85.9 Å². The predicted octanol–water partition coefficient (Wildman–Crippen LogP) is 12.1. The summed E-state index contributed by atoms with van der Waals surface area (Å²) in [6, 6.07) is 0. The van der Waals surface area contributed by atoms with Crippen LogP contribution in [0, 0.1) is 59.2 Å². The highest BCUT2D eigenvalue weighted by atomic mass is 16.6. The van der Waals surface area contributed by atoms with Gasteiger partial charge in [-0.3, -0.25) is 9.59 Å². The van der Waals surface area contributed by atoms with Crippen molar-refractivity contribution in [1.29, 1.82) is 0 Å². The molecule has 5 aliphatic carbocycles. The van der Waals surface area contributed by atoms with Gasteiger partial charge in [0, 0.05) is 6.42 Å². The zero-order valence-electron chi connectivity index (χ0n) is 27.2. The Morgan fingerprint density at radius 1 is 0.756 bits per heavy atom. The number of cyclic esters (lactones) is 1. The molecule has 11 atom stereocenters. The van der Waals surface area contributed by atoms with Gasteiger partial charge in [-0.25, -0.2) is 0 Å². The third-order valence-corrected chi connectivity index (χ3v) is 13.5. The summed E-state index contributed by atoms with van der Waals surface area (Å²) < 4.78 is 11.5. The standard InChI is InChI=1S/C22H36O2.C15H26O2.4CH4/c1-4-14-11-15(5-2)20-17-12-16(19(14)20)13-18(17)21(23)24-22(6-3)9-7-8-10-22;1-3-11-9-12(4-2)13(10-11)5-6-14-7-8-15(16)17-14;;;;/h14-20H,4-13H2,1-3H3;11-14H,3-10H2,1-2H3;4*1H4. The minimum Gasteiger partial charge on any atom is -0.462 e. The monoisotopic (exact) mass is 635 g/mol. The van der Waals surface area contributed by atoms with Crippen molar-refractivity contribution in [2.24, 2.45) is 59.2 Å². The molecule has 1 saturated heterocycles. The maximum absolute atomic E-state index is 13.1. The molecular formula is C41H78O4. The topological polar surface area (TPSA) is 52.6 Å². The quantitative estimate of drug-likeness (QED) is 0.224. The number of fused-ring (bicyclic) bond motifs is 5. The van der Waals surface area contributed by atoms with Gasteiger partial charge >= 0.3 is 11.9 Å². The van der Waals surface area contributed by atoms with Gasteiger partial charge in [-0.15, -0.1) is 0 Å². The predicted molar refractivity (Wildman–Crippen MR) is 192 cm³/mol. The van der Waals surface area contributed by atoms with Crippen LogP contribution in [0.5, 0.6) is 0 Å². The molecule has 0 N–H and O–H groups in total. The lowest BCUT2D eigenvalue weighted by Gasteiger charge is -2.37. The first-order chi connectivity index (χ1) is 19.8. The maximum Gasteiger partial charge on any atom is 0.309 e. The molecule has 266 valence electrons. The molecule has 0 aromatic heterocycles. The summed E-state index contributed by atoms with van der Waals surface area (Å²) in [6.07, 6.45) is 21.9. The number of carbonyl (C=O) groups excluding carboxylic acids is 2. The Morgan fingerprint density at radius 2 is 1.38 bits per heavy atom. The second kappa shape index (κ2) is 18.5. The van der Waals surface area contributed by atoms with Crippen molar-refractivity contribution in [3.63, 3.8) is 0 Å². The van der Waals surface area contributed by atoms with E-state index in [1.807, 2.05) is 0 Å². The molecule has 2 bridgehead atoms. The summed E-state index contributed by atoms with van der Waals surface area (Å²) in [6.45, 7) is 11.6. The van der Waals surface area contributed by atoms with Crippen LogP contribution in [0.3, 0.4) is 0 Å². The molecule has 6 rings (SSSR count). The van der Waals surface area contributed by atoms with Crippen molar-refractivity contribution >= 4 is 11.9 Å². The van der Waals surface area contributed by atoms with Gasteiger partial charge in [0.2, 0.25) is 0 Å². The first kappa shape index (κ1) is 42.0. The van der Waals surface area contributed by atoms with E-state index in [4.69, 9.17) is 9.47 Å². The van der Waals surface area contributed by atoms with Crippen LogP contribution < -0.4 is 0 Å². The van der Waals surface area contributed by atoms with Gasteiger partial charge in [-0.2, -0.15) is 0 Å². The third kappa shape index (κ3) is 8.90. The lowest BCUT2D eigenvalue weighted by Crippen LogP contribution is -2.39. The van der Waals surface area contributed by atoms with E-state index in [2.05, 4.69) is 34.6 Å². The molecule has 4 nitrogen and oxygen atoms in total. The van der Waals surface area contributed by atoms with E-state index in [1.54, 1.807) is 0 Å². The summed E-state index contributed by atoms with van der Waals surface area (Å²) in [4.78, 5) is 24.1. The van der Waals surface area contributed by atoms with Crippen LogP contribution in [0.25, 0.3) is 0 Å². The highest BCUT2D eigenvalue weighted by Crippen LogP contribution is 2.66. The zero-order chi connectivity index (χ0) is 29.1. The second-order valence-corrected chi connectivity index (χ2v) is 15.3. The molecule has 0 aromatic rings. The molecule has 6 aliphatic rings. The molecule has 5 saturated carbocycles. The highest BCUT2D eigenvalue weighted by Gasteiger charge is 2.61. The Hall–Kier alpha value is -1.06. The van der Waals surface area contributed by atoms with Crippen molar-refractivity contribution in [3.05, 3.63) is 0 Å². The lowest BCUT2D eigenvalue weighted by atomic mass is 9.70. The normalized spacial score (nSPS) is 38.4. The van der Waals surface area contributed by atoms with Gasteiger partial charge in [0.1, 0.15) is 11.7 Å². The van der Waals surface area contributed by atoms with E-state index < -0.39 is 0 Å². The highest BCUT2D eigenvalue weighted by molar-refractivity contribution is 5.74. The van der Waals surface area contributed by atoms with Crippen molar-refractivity contribution in [2.75, 3.05) is 0 Å². The second-order valence-electron chi connectivity index (χ2n) is 15.3. The Bertz CT molecular complexity index is 877. The van der Waals surface area contributed by atoms with Crippen LogP contribution >= 0.6 is 0 Å². The molecule has 0 aromatic carbocycles. The number of carbonyl (C=O) groups is 2. The SMILES string of the molecule is C.C.C.C.CCC1CC(CC)C(CCC2CCC(=O)O2)C1.CCC1CC(CC)C2C3CC(CC3C(=O)OC3(CC)CCCC3)C12. The lowest BCUT2D eigenvalue weighted by molar-refractivity contribution is -0.168. The fraction of sp³-hybridized carbons (Fsp3) is 0.951. The Labute approximate surface area is 281 Å². The fourth-order valence-electron chi connectivity index (χ4n) is 11.2. The molecule has 6 fully saturated rings. The molecule has 1 aliphatic heterocycles. The maximum atomic E-state index is 13.1. The number of hydrogen-bond donors (Lipinski definition) is 0. The number of ether oxygens (including phenoxy) is 2. The van der Waals surface area contributed by atoms with Gasteiger partial charge in [0.15, 0.2) is 0 Å². The molecule has 0 amide bonds. The summed E-state index contributed by atoms with van der Waals surface area (Å²) >= 11 is 0. The largest absolute Gasteiger partial charge is 0.462 e. The van der Waals surface area contributed by atoms with Gasteiger partial charge in [0.05, 0.1) is 5.92 Å². The van der Waals surface area contributed by atoms with Crippen molar-refractivity contribution in [3.8, 4) is 0 Å². The van der Waals surface area contributed by atoms with E-state index in [9.17, 15) is 9.59 Å². The fourth-order valence-corrected chi connectivity index (χ4v) is 11.2. The summed E-state index contributed by atoms with van der Waals surface area (Å²) in [5, 5.41) is 0. The van der Waals surface area contributed by atoms with Gasteiger partial charge in [-0.05, 0) is 137 Å². The zero-order valence-corrected chi connectivity index (χ0v) is 27.2. The molecule has 0 spiro atoms. The molecule has 1 heterocycles. The van der Waals surface area contributed by atoms with Gasteiger partial charge in [-0.1, -0.05) is 90.0 Å². The van der Waals surface area contributed by atoms with Crippen LogP contribution in [0.4, 0.5) is 0 Å². The van der Waals surface area contributed by atoms with E-state index in [1.165, 1.54) is 70.6 Å². The van der Waals surface area contributed by atoms with E-state index >= 15 is 0 Å². The Morgan fingerprint density at radius 3 is 1.93 bits per heavy atom. The average Bonchev–Trinajstić information content (AvgIpc) is 3.82. The van der Waals surface area contributed by atoms with Crippen LogP contribution in [0.1, 0.15) is 180 Å². The molecular weight excluding hydrogens is 556 g/mol. The van der Waals surface area contributed by atoms with Crippen molar-refractivity contribution in [2.45, 2.75) is 192 Å². The third-order valence-electron chi connectivity index (χ3n) is 13.5. The van der Waals surface area contributed by atoms with E-state index in [-0.39, 0.29) is 59.3 Å². The van der Waals surface area contributed by atoms with Crippen LogP contribution in [0.15, 0.2) is 0 Å². The first-order valence-corrected chi connectivity index (χ1v) is 18.3. The smallest absolute Gasteiger partial charge is 0.309 e. The number of esters is 2. The number of rotatable bonds is 10. The Kier molecular flexibility index (Phi) is 17.2. The van der Waals surface area contributed by atoms with Crippen molar-refractivity contribution < 1.29 is 19.1 Å². The molecule has 0 radical (unpaired) electrons. The van der Waals surface area contributed by atoms with Crippen LogP contribution in [-0.4, -0.2) is 23.6 Å². The molecule has 11 unspecified atom stereocenters. The van der Waals surface area contributed by atoms with Gasteiger partial charge in [0.25, 0.3) is 0 Å². The number of hydrogen-bond acceptors (Lipinski definition) is 4.